The molecule has 1 aliphatic heterocycles. The van der Waals surface area contributed by atoms with Gasteiger partial charge >= 0.3 is 5.76 Å². The lowest BCUT2D eigenvalue weighted by Gasteiger charge is -2.23. The maximum Gasteiger partial charge on any atom is 0.439 e. The fraction of sp³-hybridized carbons (Fsp3) is 0.278. The lowest BCUT2D eigenvalue weighted by Crippen LogP contribution is -2.32. The Balaban J connectivity index is 1.81. The summed E-state index contributed by atoms with van der Waals surface area (Å²) in [6.45, 7) is 2.78. The number of hydrogen-bond donors (Lipinski definition) is 2. The lowest BCUT2D eigenvalue weighted by atomic mass is 9.92. The molecule has 0 saturated heterocycles. The Morgan fingerprint density at radius 3 is 2.52 bits per heavy atom. The number of nitrogens with one attached hydrogen (secondary N) is 1. The molecule has 0 atom stereocenters. The van der Waals surface area contributed by atoms with Crippen LogP contribution in [0.2, 0.25) is 10.0 Å². The lowest BCUT2D eigenvalue weighted by molar-refractivity contribution is -0.116. The summed E-state index contributed by atoms with van der Waals surface area (Å²) >= 11 is 12.5. The van der Waals surface area contributed by atoms with Crippen LogP contribution in [0, 0.1) is 0 Å². The average molecular weight is 440 g/mol. The number of ketones is 2. The smallest absolute Gasteiger partial charge is 0.436 e. The molecule has 11 heteroatoms. The van der Waals surface area contributed by atoms with Crippen LogP contribution in [0.15, 0.2) is 38.1 Å². The zero-order valence-electron chi connectivity index (χ0n) is 15.3. The molecular formula is C18H15Cl2N3O6. The van der Waals surface area contributed by atoms with Gasteiger partial charge in [-0.05, 0) is 31.5 Å². The Bertz CT molecular complexity index is 1080. The van der Waals surface area contributed by atoms with Crippen LogP contribution in [0.1, 0.15) is 30.0 Å². The van der Waals surface area contributed by atoms with E-state index in [0.717, 1.165) is 0 Å². The zero-order valence-corrected chi connectivity index (χ0v) is 16.8. The van der Waals surface area contributed by atoms with Crippen molar-refractivity contribution in [2.45, 2.75) is 25.9 Å². The van der Waals surface area contributed by atoms with Crippen LogP contribution < -0.4 is 10.5 Å². The molecule has 0 fully saturated rings. The molecule has 0 saturated carbocycles. The van der Waals surface area contributed by atoms with Gasteiger partial charge in [0.25, 0.3) is 0 Å². The van der Waals surface area contributed by atoms with E-state index in [-0.39, 0.29) is 51.8 Å². The molecule has 0 spiro atoms. The van der Waals surface area contributed by atoms with Crippen molar-refractivity contribution in [3.63, 3.8) is 0 Å². The predicted octanol–water partition coefficient (Wildman–Crippen LogP) is 2.15. The summed E-state index contributed by atoms with van der Waals surface area (Å²) in [5.74, 6) is -1.72. The van der Waals surface area contributed by atoms with Gasteiger partial charge in [-0.3, -0.25) is 19.1 Å². The predicted molar refractivity (Wildman–Crippen MR) is 104 cm³/mol. The minimum Gasteiger partial charge on any atom is -0.436 e. The fourth-order valence-corrected chi connectivity index (χ4v) is 3.21. The molecule has 152 valence electrons. The molecular weight excluding hydrogens is 425 g/mol. The highest BCUT2D eigenvalue weighted by molar-refractivity contribution is 6.37. The van der Waals surface area contributed by atoms with Gasteiger partial charge in [0.2, 0.25) is 17.5 Å². The number of aromatic amines is 1. The second-order valence-electron chi connectivity index (χ2n) is 6.73. The van der Waals surface area contributed by atoms with Gasteiger partial charge in [-0.25, -0.2) is 9.79 Å². The number of halogens is 2. The van der Waals surface area contributed by atoms with E-state index in [4.69, 9.17) is 27.9 Å². The molecule has 2 aromatic rings. The molecule has 1 aliphatic rings. The first-order valence-electron chi connectivity index (χ1n) is 8.32. The van der Waals surface area contributed by atoms with Gasteiger partial charge in [-0.15, -0.1) is 0 Å². The van der Waals surface area contributed by atoms with Crippen molar-refractivity contribution in [2.24, 2.45) is 4.99 Å². The number of hydrogen-bond acceptors (Lipinski definition) is 8. The molecule has 0 radical (unpaired) electrons. The van der Waals surface area contributed by atoms with Crippen LogP contribution in [0.3, 0.4) is 0 Å². The number of carbonyl (C=O) groups excluding carboxylic acids is 2. The Kier molecular flexibility index (Phi) is 5.74. The third-order valence-electron chi connectivity index (χ3n) is 3.94. The van der Waals surface area contributed by atoms with Crippen LogP contribution in [0.5, 0.6) is 5.75 Å². The highest BCUT2D eigenvalue weighted by atomic mass is 35.5. The number of aliphatic imine (C=N–C) groups is 1. The minimum atomic E-state index is -1.36. The summed E-state index contributed by atoms with van der Waals surface area (Å²) in [4.78, 5) is 41.2. The van der Waals surface area contributed by atoms with Gasteiger partial charge in [0.1, 0.15) is 6.54 Å². The largest absolute Gasteiger partial charge is 0.439 e. The number of Topliss-reactive ketones (excluding diaryl/α,β-unsaturated/α-hetero) is 2. The number of ether oxygens (including phenoxy) is 1. The molecule has 2 N–H and O–H groups in total. The Labute approximate surface area is 174 Å². The number of aromatic nitrogens is 2. The third-order valence-corrected chi connectivity index (χ3v) is 4.50. The maximum absolute atomic E-state index is 12.1. The quantitative estimate of drug-likeness (QED) is 0.681. The number of rotatable bonds is 5. The SMILES string of the molecule is CC(C)(O)C1=CC(Oc2c(Cl)cc(CC(=O)c3noc(=O)[nH]3)cc2Cl)=NCC1=O. The summed E-state index contributed by atoms with van der Waals surface area (Å²) in [6, 6.07) is 2.93. The molecule has 0 aliphatic carbocycles. The summed E-state index contributed by atoms with van der Waals surface area (Å²) in [6.07, 6.45) is 1.19. The fourth-order valence-electron chi connectivity index (χ4n) is 2.60. The van der Waals surface area contributed by atoms with E-state index in [1.807, 2.05) is 0 Å². The summed E-state index contributed by atoms with van der Waals surface area (Å²) in [5, 5.41) is 13.6. The van der Waals surface area contributed by atoms with Crippen molar-refractivity contribution in [3.05, 3.63) is 55.8 Å². The number of nitrogens with zero attached hydrogens (tertiary/aromatic N) is 2. The first kappa shape index (κ1) is 21.0. The number of benzene rings is 1. The van der Waals surface area contributed by atoms with Gasteiger partial charge in [-0.1, -0.05) is 28.4 Å². The van der Waals surface area contributed by atoms with E-state index in [1.54, 1.807) is 0 Å². The van der Waals surface area contributed by atoms with Crippen LogP contribution >= 0.6 is 23.2 Å². The number of carbonyl (C=O) groups is 2. The second kappa shape index (κ2) is 7.94. The van der Waals surface area contributed by atoms with Crippen LogP contribution in [-0.4, -0.2) is 44.9 Å². The molecule has 29 heavy (non-hydrogen) atoms. The minimum absolute atomic E-state index is 0.0644. The Hall–Kier alpha value is -2.75. The summed E-state index contributed by atoms with van der Waals surface area (Å²) in [5.41, 5.74) is -0.755. The summed E-state index contributed by atoms with van der Waals surface area (Å²) < 4.78 is 9.93. The number of aliphatic hydroxyl groups is 1. The second-order valence-corrected chi connectivity index (χ2v) is 7.54. The molecule has 2 heterocycles. The Morgan fingerprint density at radius 2 is 1.97 bits per heavy atom. The van der Waals surface area contributed by atoms with Gasteiger partial charge in [0.15, 0.2) is 11.5 Å². The first-order chi connectivity index (χ1) is 13.5. The highest BCUT2D eigenvalue weighted by Gasteiger charge is 2.29. The van der Waals surface area contributed by atoms with Crippen LogP contribution in [-0.2, 0) is 11.2 Å². The van der Waals surface area contributed by atoms with Gasteiger partial charge in [-0.2, -0.15) is 0 Å². The van der Waals surface area contributed by atoms with Gasteiger partial charge in [0, 0.05) is 18.1 Å². The van der Waals surface area contributed by atoms with Crippen molar-refractivity contribution in [1.82, 2.24) is 10.1 Å². The number of dihydropyridines is 1. The molecule has 3 rings (SSSR count). The van der Waals surface area contributed by atoms with Gasteiger partial charge in [0.05, 0.1) is 15.6 Å². The molecule has 0 amide bonds. The Morgan fingerprint density at radius 1 is 1.31 bits per heavy atom. The van der Waals surface area contributed by atoms with Crippen molar-refractivity contribution in [2.75, 3.05) is 6.54 Å². The third kappa shape index (κ3) is 4.81. The highest BCUT2D eigenvalue weighted by Crippen LogP contribution is 2.35. The van der Waals surface area contributed by atoms with Crippen molar-refractivity contribution < 1.29 is 24.0 Å². The topological polar surface area (TPSA) is 135 Å². The normalized spacial score (nSPS) is 14.4. The van der Waals surface area contributed by atoms with Crippen LogP contribution in [0.4, 0.5) is 0 Å². The molecule has 0 bridgehead atoms. The monoisotopic (exact) mass is 439 g/mol. The van der Waals surface area contributed by atoms with Crippen molar-refractivity contribution in [3.8, 4) is 5.75 Å². The van der Waals surface area contributed by atoms with E-state index >= 15 is 0 Å². The molecule has 1 aromatic heterocycles. The van der Waals surface area contributed by atoms with E-state index in [1.165, 1.54) is 32.1 Å². The first-order valence-corrected chi connectivity index (χ1v) is 9.07. The van der Waals surface area contributed by atoms with E-state index in [9.17, 15) is 19.5 Å². The maximum atomic E-state index is 12.1. The molecule has 9 nitrogen and oxygen atoms in total. The number of H-pyrrole nitrogens is 1. The van der Waals surface area contributed by atoms with Crippen molar-refractivity contribution >= 4 is 40.7 Å². The molecule has 1 aromatic carbocycles. The van der Waals surface area contributed by atoms with Gasteiger partial charge < -0.3 is 9.84 Å². The molecule has 0 unspecified atom stereocenters. The zero-order chi connectivity index (χ0) is 21.3. The average Bonchev–Trinajstić information content (AvgIpc) is 3.05. The summed E-state index contributed by atoms with van der Waals surface area (Å²) in [7, 11) is 0. The van der Waals surface area contributed by atoms with Crippen molar-refractivity contribution in [1.29, 1.82) is 0 Å². The van der Waals surface area contributed by atoms with Crippen LogP contribution in [0.25, 0.3) is 0 Å². The van der Waals surface area contributed by atoms with E-state index in [2.05, 4.69) is 19.7 Å². The van der Waals surface area contributed by atoms with E-state index in [0.29, 0.717) is 5.56 Å². The van der Waals surface area contributed by atoms with E-state index < -0.39 is 17.1 Å². The standard InChI is InChI=1S/C18H15Cl2N3O6/c1-18(2,27)9-6-14(21-7-13(9)25)28-15-10(19)3-8(4-11(15)20)5-12(24)16-22-17(26)29-23-16/h3-4,6,27H,5,7H2,1-2H3,(H,22,23,26).